The molecule has 0 saturated carbocycles. The summed E-state index contributed by atoms with van der Waals surface area (Å²) in [6.07, 6.45) is 2.22. The van der Waals surface area contributed by atoms with Crippen molar-refractivity contribution in [2.24, 2.45) is 0 Å². The van der Waals surface area contributed by atoms with Crippen LogP contribution in [-0.4, -0.2) is 39.4 Å². The van der Waals surface area contributed by atoms with E-state index in [1.54, 1.807) is 7.11 Å². The zero-order valence-corrected chi connectivity index (χ0v) is 12.6. The van der Waals surface area contributed by atoms with Gasteiger partial charge in [-0.05, 0) is 24.0 Å². The number of esters is 1. The maximum atomic E-state index is 11.5. The zero-order valence-electron chi connectivity index (χ0n) is 12.6. The third-order valence-corrected chi connectivity index (χ3v) is 3.29. The molecule has 4 heteroatoms. The molecule has 0 amide bonds. The summed E-state index contributed by atoms with van der Waals surface area (Å²) in [5.41, 5.74) is 2.55. The quantitative estimate of drug-likeness (QED) is 0.554. The molecule has 0 aliphatic heterocycles. The van der Waals surface area contributed by atoms with Gasteiger partial charge >= 0.3 is 5.97 Å². The van der Waals surface area contributed by atoms with Crippen LogP contribution in [-0.2, 0) is 27.1 Å². The van der Waals surface area contributed by atoms with E-state index >= 15 is 0 Å². The van der Waals surface area contributed by atoms with Gasteiger partial charge in [-0.25, -0.2) is 0 Å². The predicted octanol–water partition coefficient (Wildman–Crippen LogP) is 1.96. The minimum Gasteiger partial charge on any atom is -0.469 e. The van der Waals surface area contributed by atoms with E-state index in [0.29, 0.717) is 13.0 Å². The molecule has 0 saturated heterocycles. The summed E-state index contributed by atoms with van der Waals surface area (Å²) in [5.74, 6) is -0.190. The average Bonchev–Trinajstić information content (AvgIpc) is 2.48. The van der Waals surface area contributed by atoms with Crippen LogP contribution in [0.4, 0.5) is 0 Å². The Morgan fingerprint density at radius 2 is 1.85 bits per heavy atom. The molecule has 1 aromatic rings. The molecular formula is C16H25NO3. The van der Waals surface area contributed by atoms with Gasteiger partial charge in [0.15, 0.2) is 0 Å². The molecule has 0 heterocycles. The number of rotatable bonds is 9. The smallest absolute Gasteiger partial charge is 0.307 e. The van der Waals surface area contributed by atoms with Crippen LogP contribution >= 0.6 is 0 Å². The van der Waals surface area contributed by atoms with E-state index in [1.807, 2.05) is 0 Å². The molecule has 4 nitrogen and oxygen atoms in total. The minimum absolute atomic E-state index is 0.0741. The average molecular weight is 279 g/mol. The fourth-order valence-electron chi connectivity index (χ4n) is 2.06. The number of hydrogen-bond donors (Lipinski definition) is 1. The lowest BCUT2D eigenvalue weighted by Crippen LogP contribution is -2.35. The van der Waals surface area contributed by atoms with Gasteiger partial charge in [0.05, 0.1) is 20.1 Å². The van der Waals surface area contributed by atoms with Gasteiger partial charge < -0.3 is 14.8 Å². The fourth-order valence-corrected chi connectivity index (χ4v) is 2.06. The van der Waals surface area contributed by atoms with Crippen molar-refractivity contribution < 1.29 is 14.3 Å². The first-order chi connectivity index (χ1) is 9.69. The maximum absolute atomic E-state index is 11.5. The summed E-state index contributed by atoms with van der Waals surface area (Å²) < 4.78 is 9.78. The molecule has 0 radical (unpaired) electrons. The summed E-state index contributed by atoms with van der Waals surface area (Å²) in [7, 11) is 3.09. The Labute approximate surface area is 121 Å². The lowest BCUT2D eigenvalue weighted by molar-refractivity contribution is -0.141. The van der Waals surface area contributed by atoms with E-state index in [0.717, 1.165) is 19.4 Å². The van der Waals surface area contributed by atoms with Gasteiger partial charge in [0.2, 0.25) is 0 Å². The minimum atomic E-state index is -0.190. The van der Waals surface area contributed by atoms with Crippen LogP contribution in [0.25, 0.3) is 0 Å². The molecule has 1 aromatic carbocycles. The Kier molecular flexibility index (Phi) is 7.92. The van der Waals surface area contributed by atoms with Crippen molar-refractivity contribution in [3.05, 3.63) is 35.4 Å². The first-order valence-corrected chi connectivity index (χ1v) is 7.06. The molecule has 0 bridgehead atoms. The number of hydrogen-bond acceptors (Lipinski definition) is 4. The number of methoxy groups -OCH3 is 2. The van der Waals surface area contributed by atoms with Crippen molar-refractivity contribution >= 4 is 5.97 Å². The van der Waals surface area contributed by atoms with Gasteiger partial charge in [0, 0.05) is 19.7 Å². The van der Waals surface area contributed by atoms with Gasteiger partial charge in [0.1, 0.15) is 0 Å². The van der Waals surface area contributed by atoms with Crippen LogP contribution in [0.3, 0.4) is 0 Å². The topological polar surface area (TPSA) is 47.6 Å². The van der Waals surface area contributed by atoms with Crippen LogP contribution in [0.15, 0.2) is 24.3 Å². The second kappa shape index (κ2) is 9.50. The third kappa shape index (κ3) is 6.17. The van der Waals surface area contributed by atoms with E-state index in [-0.39, 0.29) is 12.0 Å². The summed E-state index contributed by atoms with van der Waals surface area (Å²) >= 11 is 0. The zero-order chi connectivity index (χ0) is 14.8. The highest BCUT2D eigenvalue weighted by atomic mass is 16.5. The van der Waals surface area contributed by atoms with E-state index < -0.39 is 0 Å². The van der Waals surface area contributed by atoms with Crippen molar-refractivity contribution in [3.63, 3.8) is 0 Å². The molecule has 20 heavy (non-hydrogen) atoms. The molecule has 1 N–H and O–H groups in total. The molecular weight excluding hydrogens is 254 g/mol. The molecule has 0 aliphatic carbocycles. The van der Waals surface area contributed by atoms with Crippen LogP contribution in [0.1, 0.15) is 24.5 Å². The molecule has 1 atom stereocenters. The monoisotopic (exact) mass is 279 g/mol. The van der Waals surface area contributed by atoms with E-state index in [4.69, 9.17) is 9.47 Å². The first kappa shape index (κ1) is 16.7. The second-order valence-electron chi connectivity index (χ2n) is 4.80. The summed E-state index contributed by atoms with van der Waals surface area (Å²) in [6.45, 7) is 3.50. The highest BCUT2D eigenvalue weighted by Gasteiger charge is 2.14. The normalized spacial score (nSPS) is 12.2. The number of ether oxygens (including phenoxy) is 2. The number of nitrogens with one attached hydrogen (secondary N) is 1. The first-order valence-electron chi connectivity index (χ1n) is 7.06. The predicted molar refractivity (Wildman–Crippen MR) is 79.8 cm³/mol. The van der Waals surface area contributed by atoms with Gasteiger partial charge in [-0.1, -0.05) is 31.2 Å². The largest absolute Gasteiger partial charge is 0.469 e. The molecule has 1 unspecified atom stereocenters. The molecule has 0 aromatic heterocycles. The summed E-state index contributed by atoms with van der Waals surface area (Å²) in [4.78, 5) is 11.5. The number of benzene rings is 1. The van der Waals surface area contributed by atoms with Gasteiger partial charge in [-0.2, -0.15) is 0 Å². The number of aryl methyl sites for hydroxylation is 1. The van der Waals surface area contributed by atoms with Gasteiger partial charge in [0.25, 0.3) is 0 Å². The third-order valence-electron chi connectivity index (χ3n) is 3.29. The van der Waals surface area contributed by atoms with E-state index in [1.165, 1.54) is 18.2 Å². The van der Waals surface area contributed by atoms with Crippen molar-refractivity contribution in [2.75, 3.05) is 27.4 Å². The Bertz CT molecular complexity index is 389. The van der Waals surface area contributed by atoms with Crippen molar-refractivity contribution in [3.8, 4) is 0 Å². The number of carbonyl (C=O) groups excluding carboxylic acids is 1. The number of carbonyl (C=O) groups is 1. The molecule has 0 spiro atoms. The SMILES string of the molecule is CCc1ccc(CC(CC(=O)OC)NCCOC)cc1. The van der Waals surface area contributed by atoms with E-state index in [2.05, 4.69) is 36.5 Å². The van der Waals surface area contributed by atoms with Crippen molar-refractivity contribution in [2.45, 2.75) is 32.2 Å². The standard InChI is InChI=1S/C16H25NO3/c1-4-13-5-7-14(8-6-13)11-15(12-16(18)20-3)17-9-10-19-2/h5-8,15,17H,4,9-12H2,1-3H3. The Hall–Kier alpha value is -1.39. The van der Waals surface area contributed by atoms with Gasteiger partial charge in [-0.3, -0.25) is 4.79 Å². The van der Waals surface area contributed by atoms with Crippen LogP contribution in [0.2, 0.25) is 0 Å². The summed E-state index contributed by atoms with van der Waals surface area (Å²) in [5, 5.41) is 3.34. The lowest BCUT2D eigenvalue weighted by atomic mass is 10.0. The van der Waals surface area contributed by atoms with Crippen molar-refractivity contribution in [1.29, 1.82) is 0 Å². The Balaban J connectivity index is 2.58. The summed E-state index contributed by atoms with van der Waals surface area (Å²) in [6, 6.07) is 8.60. The highest BCUT2D eigenvalue weighted by Crippen LogP contribution is 2.09. The van der Waals surface area contributed by atoms with Crippen LogP contribution < -0.4 is 5.32 Å². The fraction of sp³-hybridized carbons (Fsp3) is 0.562. The molecule has 1 rings (SSSR count). The lowest BCUT2D eigenvalue weighted by Gasteiger charge is -2.17. The Morgan fingerprint density at radius 1 is 1.20 bits per heavy atom. The molecule has 112 valence electrons. The molecule has 0 fully saturated rings. The van der Waals surface area contributed by atoms with Crippen LogP contribution in [0, 0.1) is 0 Å². The second-order valence-corrected chi connectivity index (χ2v) is 4.80. The molecule has 0 aliphatic rings. The van der Waals surface area contributed by atoms with E-state index in [9.17, 15) is 4.79 Å². The van der Waals surface area contributed by atoms with Crippen molar-refractivity contribution in [1.82, 2.24) is 5.32 Å². The Morgan fingerprint density at radius 3 is 2.40 bits per heavy atom. The van der Waals surface area contributed by atoms with Gasteiger partial charge in [-0.15, -0.1) is 0 Å². The maximum Gasteiger partial charge on any atom is 0.307 e. The van der Waals surface area contributed by atoms with Crippen LogP contribution in [0.5, 0.6) is 0 Å². The highest BCUT2D eigenvalue weighted by molar-refractivity contribution is 5.70.